The normalized spacial score (nSPS) is 14.0. The summed E-state index contributed by atoms with van der Waals surface area (Å²) in [5.74, 6) is -1.19. The summed E-state index contributed by atoms with van der Waals surface area (Å²) in [6, 6.07) is 3.18. The summed E-state index contributed by atoms with van der Waals surface area (Å²) in [5.41, 5.74) is -0.561. The first-order valence-corrected chi connectivity index (χ1v) is 10.0. The van der Waals surface area contributed by atoms with E-state index in [1.165, 1.54) is 18.7 Å². The van der Waals surface area contributed by atoms with Crippen molar-refractivity contribution >= 4 is 29.5 Å². The van der Waals surface area contributed by atoms with Crippen molar-refractivity contribution in [2.75, 3.05) is 0 Å². The molecule has 0 saturated carbocycles. The molecule has 28 heavy (non-hydrogen) atoms. The zero-order valence-electron chi connectivity index (χ0n) is 17.9. The predicted molar refractivity (Wildman–Crippen MR) is 110 cm³/mol. The minimum absolute atomic E-state index is 0.152. The monoisotopic (exact) mass is 409 g/mol. The maximum atomic E-state index is 12.6. The van der Waals surface area contributed by atoms with Crippen LogP contribution in [-0.2, 0) is 14.3 Å². The van der Waals surface area contributed by atoms with Crippen LogP contribution in [0.4, 0.5) is 0 Å². The molecule has 0 fully saturated rings. The molecule has 0 saturated heterocycles. The summed E-state index contributed by atoms with van der Waals surface area (Å²) in [6.07, 6.45) is 0.592. The molecule has 2 atom stereocenters. The first-order chi connectivity index (χ1) is 12.7. The number of carbonyl (C=O) groups is 3. The summed E-state index contributed by atoms with van der Waals surface area (Å²) < 4.78 is 5.30. The molecule has 0 bridgehead atoms. The molecule has 1 aromatic rings. The summed E-state index contributed by atoms with van der Waals surface area (Å²) in [5, 5.41) is 5.60. The molecule has 2 amide bonds. The lowest BCUT2D eigenvalue weighted by atomic mass is 10.1. The van der Waals surface area contributed by atoms with Gasteiger partial charge in [0.25, 0.3) is 5.91 Å². The Kier molecular flexibility index (Phi) is 8.05. The number of amides is 2. The maximum Gasteiger partial charge on any atom is 0.341 e. The molecule has 0 aliphatic carbocycles. The fourth-order valence-corrected chi connectivity index (χ4v) is 2.98. The number of pyridine rings is 1. The highest BCUT2D eigenvalue weighted by Gasteiger charge is 2.26. The minimum atomic E-state index is -0.952. The Morgan fingerprint density at radius 3 is 2.07 bits per heavy atom. The number of rotatable bonds is 6. The number of hydrogen-bond acceptors (Lipinski definition) is 6. The average molecular weight is 410 g/mol. The van der Waals surface area contributed by atoms with Crippen molar-refractivity contribution in [3.8, 4) is 0 Å². The van der Waals surface area contributed by atoms with Crippen molar-refractivity contribution < 1.29 is 19.1 Å². The molecule has 1 heterocycles. The van der Waals surface area contributed by atoms with E-state index < -0.39 is 22.9 Å². The number of thioether (sulfide) groups is 1. The van der Waals surface area contributed by atoms with Crippen LogP contribution in [0.15, 0.2) is 23.4 Å². The molecule has 8 heteroatoms. The molecule has 0 radical (unpaired) electrons. The lowest BCUT2D eigenvalue weighted by molar-refractivity contribution is -0.130. The van der Waals surface area contributed by atoms with Gasteiger partial charge in [-0.2, -0.15) is 0 Å². The Labute approximate surface area is 171 Å². The number of hydrogen-bond donors (Lipinski definition) is 2. The highest BCUT2D eigenvalue weighted by atomic mass is 32.2. The Morgan fingerprint density at radius 2 is 1.54 bits per heavy atom. The van der Waals surface area contributed by atoms with Crippen LogP contribution in [0.1, 0.15) is 65.7 Å². The third-order valence-corrected chi connectivity index (χ3v) is 4.41. The average Bonchev–Trinajstić information content (AvgIpc) is 2.51. The van der Waals surface area contributed by atoms with E-state index in [1.807, 2.05) is 41.5 Å². The van der Waals surface area contributed by atoms with Crippen molar-refractivity contribution in [3.05, 3.63) is 23.9 Å². The van der Waals surface area contributed by atoms with E-state index in [1.54, 1.807) is 25.3 Å². The van der Waals surface area contributed by atoms with E-state index >= 15 is 0 Å². The smallest absolute Gasteiger partial charge is 0.341 e. The van der Waals surface area contributed by atoms with E-state index in [9.17, 15) is 14.4 Å². The van der Waals surface area contributed by atoms with Crippen molar-refractivity contribution in [2.24, 2.45) is 0 Å². The standard InChI is InChI=1S/C20H31N3O4S/c1-12(15(24)22-19(3,4)5)27-18(26)14-10-9-11-21-17(14)28-13(2)16(25)23-20(6,7)8/h9-13H,1-8H3,(H,22,24)(H,23,25)/t12-,13-/m1/s1. The van der Waals surface area contributed by atoms with Crippen LogP contribution in [0.25, 0.3) is 0 Å². The zero-order chi connectivity index (χ0) is 21.7. The highest BCUT2D eigenvalue weighted by molar-refractivity contribution is 8.00. The van der Waals surface area contributed by atoms with Crippen LogP contribution in [0.3, 0.4) is 0 Å². The molecule has 0 aromatic carbocycles. The van der Waals surface area contributed by atoms with Crippen LogP contribution in [0.2, 0.25) is 0 Å². The van der Waals surface area contributed by atoms with Gasteiger partial charge in [0.2, 0.25) is 5.91 Å². The third kappa shape index (κ3) is 8.29. The molecule has 156 valence electrons. The van der Waals surface area contributed by atoms with Crippen LogP contribution in [-0.4, -0.2) is 45.2 Å². The zero-order valence-corrected chi connectivity index (χ0v) is 18.7. The minimum Gasteiger partial charge on any atom is -0.449 e. The molecule has 0 aliphatic heterocycles. The molecule has 2 N–H and O–H groups in total. The molecule has 0 aliphatic rings. The summed E-state index contributed by atoms with van der Waals surface area (Å²) >= 11 is 1.17. The second-order valence-electron chi connectivity index (χ2n) is 8.64. The number of carbonyl (C=O) groups excluding carboxylic acids is 3. The van der Waals surface area contributed by atoms with Gasteiger partial charge in [0.05, 0.1) is 10.8 Å². The van der Waals surface area contributed by atoms with Gasteiger partial charge >= 0.3 is 5.97 Å². The van der Waals surface area contributed by atoms with Gasteiger partial charge in [-0.05, 0) is 67.5 Å². The summed E-state index contributed by atoms with van der Waals surface area (Å²) in [6.45, 7) is 14.5. The van der Waals surface area contributed by atoms with Gasteiger partial charge in [-0.1, -0.05) is 11.8 Å². The number of nitrogens with zero attached hydrogens (tertiary/aromatic N) is 1. The van der Waals surface area contributed by atoms with Gasteiger partial charge in [0.15, 0.2) is 6.10 Å². The van der Waals surface area contributed by atoms with Crippen LogP contribution in [0, 0.1) is 0 Å². The van der Waals surface area contributed by atoms with E-state index in [-0.39, 0.29) is 22.9 Å². The van der Waals surface area contributed by atoms with Gasteiger partial charge < -0.3 is 15.4 Å². The Bertz CT molecular complexity index is 723. The van der Waals surface area contributed by atoms with Crippen LogP contribution >= 0.6 is 11.8 Å². The second kappa shape index (κ2) is 9.41. The molecule has 7 nitrogen and oxygen atoms in total. The lowest BCUT2D eigenvalue weighted by Crippen LogP contribution is -2.46. The largest absolute Gasteiger partial charge is 0.449 e. The van der Waals surface area contributed by atoms with Crippen LogP contribution < -0.4 is 10.6 Å². The van der Waals surface area contributed by atoms with Gasteiger partial charge in [0.1, 0.15) is 5.03 Å². The lowest BCUT2D eigenvalue weighted by Gasteiger charge is -2.24. The number of aromatic nitrogens is 1. The van der Waals surface area contributed by atoms with Gasteiger partial charge in [-0.15, -0.1) is 0 Å². The van der Waals surface area contributed by atoms with Gasteiger partial charge in [-0.3, -0.25) is 9.59 Å². The Hall–Kier alpha value is -2.09. The number of nitrogens with one attached hydrogen (secondary N) is 2. The van der Waals surface area contributed by atoms with E-state index in [0.717, 1.165) is 0 Å². The Balaban J connectivity index is 2.86. The fraction of sp³-hybridized carbons (Fsp3) is 0.600. The van der Waals surface area contributed by atoms with E-state index in [2.05, 4.69) is 15.6 Å². The predicted octanol–water partition coefficient (Wildman–Crippen LogP) is 2.94. The molecular weight excluding hydrogens is 378 g/mol. The van der Waals surface area contributed by atoms with E-state index in [0.29, 0.717) is 5.03 Å². The summed E-state index contributed by atoms with van der Waals surface area (Å²) in [7, 11) is 0. The molecule has 0 unspecified atom stereocenters. The number of ether oxygens (including phenoxy) is 1. The Morgan fingerprint density at radius 1 is 1.00 bits per heavy atom. The van der Waals surface area contributed by atoms with Crippen molar-refractivity contribution in [2.45, 2.75) is 82.8 Å². The van der Waals surface area contributed by atoms with Gasteiger partial charge in [0, 0.05) is 17.3 Å². The second-order valence-corrected chi connectivity index (χ2v) is 9.97. The maximum absolute atomic E-state index is 12.6. The first kappa shape index (κ1) is 23.9. The quantitative estimate of drug-likeness (QED) is 0.554. The van der Waals surface area contributed by atoms with Crippen molar-refractivity contribution in [3.63, 3.8) is 0 Å². The van der Waals surface area contributed by atoms with Gasteiger partial charge in [-0.25, -0.2) is 9.78 Å². The highest BCUT2D eigenvalue weighted by Crippen LogP contribution is 2.26. The first-order valence-electron chi connectivity index (χ1n) is 9.16. The molecular formula is C20H31N3O4S. The van der Waals surface area contributed by atoms with Crippen molar-refractivity contribution in [1.82, 2.24) is 15.6 Å². The molecule has 1 aromatic heterocycles. The molecule has 1 rings (SSSR count). The summed E-state index contributed by atoms with van der Waals surface area (Å²) in [4.78, 5) is 41.2. The third-order valence-electron chi connectivity index (χ3n) is 3.30. The number of esters is 1. The van der Waals surface area contributed by atoms with Crippen LogP contribution in [0.5, 0.6) is 0 Å². The topological polar surface area (TPSA) is 97.4 Å². The van der Waals surface area contributed by atoms with E-state index in [4.69, 9.17) is 4.74 Å². The molecule has 0 spiro atoms. The van der Waals surface area contributed by atoms with Crippen molar-refractivity contribution in [1.29, 1.82) is 0 Å². The SMILES string of the molecule is C[C@@H](OC(=O)c1cccnc1S[C@H](C)C(=O)NC(C)(C)C)C(=O)NC(C)(C)C. The fourth-order valence-electron chi connectivity index (χ4n) is 2.08.